The molecule has 90 valence electrons. The van der Waals surface area contributed by atoms with Crippen LogP contribution in [-0.2, 0) is 11.2 Å². The molecule has 6 heteroatoms. The fourth-order valence-electron chi connectivity index (χ4n) is 1.98. The lowest BCUT2D eigenvalue weighted by molar-refractivity contribution is 0.137. The summed E-state index contributed by atoms with van der Waals surface area (Å²) in [6.07, 6.45) is 3.88. The van der Waals surface area contributed by atoms with E-state index >= 15 is 0 Å². The van der Waals surface area contributed by atoms with Gasteiger partial charge in [0.05, 0.1) is 24.5 Å². The number of allylic oxidation sites excluding steroid dienone is 1. The molecule has 1 atom stereocenters. The molecule has 0 N–H and O–H groups in total. The SMILES string of the molecule is Clc1nc2c(c(OC3CCOC3)n1)C(I)=CC2. The van der Waals surface area contributed by atoms with Crippen LogP contribution >= 0.6 is 34.2 Å². The fraction of sp³-hybridized carbons (Fsp3) is 0.455. The van der Waals surface area contributed by atoms with Gasteiger partial charge in [0.15, 0.2) is 0 Å². The Kier molecular flexibility index (Phi) is 3.23. The first kappa shape index (κ1) is 11.7. The van der Waals surface area contributed by atoms with E-state index < -0.39 is 0 Å². The number of rotatable bonds is 2. The Balaban J connectivity index is 1.95. The normalized spacial score (nSPS) is 22.5. The first-order valence-electron chi connectivity index (χ1n) is 5.41. The van der Waals surface area contributed by atoms with Crippen molar-refractivity contribution < 1.29 is 9.47 Å². The lowest BCUT2D eigenvalue weighted by Crippen LogP contribution is -2.17. The molecule has 3 rings (SSSR count). The van der Waals surface area contributed by atoms with Crippen molar-refractivity contribution in [2.75, 3.05) is 13.2 Å². The molecule has 1 aromatic rings. The van der Waals surface area contributed by atoms with Gasteiger partial charge in [-0.15, -0.1) is 0 Å². The summed E-state index contributed by atoms with van der Waals surface area (Å²) in [5.41, 5.74) is 1.94. The molecule has 1 aliphatic carbocycles. The van der Waals surface area contributed by atoms with Crippen LogP contribution < -0.4 is 4.74 Å². The van der Waals surface area contributed by atoms with E-state index in [0.717, 1.165) is 34.3 Å². The van der Waals surface area contributed by atoms with Crippen molar-refractivity contribution in [3.63, 3.8) is 0 Å². The van der Waals surface area contributed by atoms with Crippen LogP contribution in [0.1, 0.15) is 17.7 Å². The van der Waals surface area contributed by atoms with Crippen molar-refractivity contribution in [2.45, 2.75) is 18.9 Å². The Morgan fingerprint density at radius 1 is 1.47 bits per heavy atom. The zero-order chi connectivity index (χ0) is 11.8. The van der Waals surface area contributed by atoms with E-state index in [4.69, 9.17) is 21.1 Å². The topological polar surface area (TPSA) is 44.2 Å². The van der Waals surface area contributed by atoms with Gasteiger partial charge in [0, 0.05) is 16.4 Å². The second-order valence-corrected chi connectivity index (χ2v) is 5.48. The van der Waals surface area contributed by atoms with Gasteiger partial charge in [0.2, 0.25) is 11.2 Å². The van der Waals surface area contributed by atoms with Gasteiger partial charge in [-0.2, -0.15) is 4.98 Å². The molecule has 0 spiro atoms. The first-order valence-corrected chi connectivity index (χ1v) is 6.86. The van der Waals surface area contributed by atoms with Gasteiger partial charge in [-0.05, 0) is 34.2 Å². The van der Waals surface area contributed by atoms with Gasteiger partial charge in [-0.1, -0.05) is 6.08 Å². The lowest BCUT2D eigenvalue weighted by Gasteiger charge is -2.14. The number of nitrogens with zero attached hydrogens (tertiary/aromatic N) is 2. The molecule has 0 bridgehead atoms. The largest absolute Gasteiger partial charge is 0.471 e. The van der Waals surface area contributed by atoms with Crippen molar-refractivity contribution in [1.82, 2.24) is 9.97 Å². The smallest absolute Gasteiger partial charge is 0.226 e. The molecule has 2 aliphatic rings. The van der Waals surface area contributed by atoms with E-state index in [2.05, 4.69) is 38.6 Å². The van der Waals surface area contributed by atoms with Crippen LogP contribution in [-0.4, -0.2) is 29.3 Å². The van der Waals surface area contributed by atoms with Crippen LogP contribution in [0.2, 0.25) is 5.28 Å². The van der Waals surface area contributed by atoms with Crippen molar-refractivity contribution in [3.8, 4) is 5.88 Å². The molecule has 17 heavy (non-hydrogen) atoms. The minimum Gasteiger partial charge on any atom is -0.471 e. The molecule has 4 nitrogen and oxygen atoms in total. The predicted molar refractivity (Wildman–Crippen MR) is 72.6 cm³/mol. The quantitative estimate of drug-likeness (QED) is 0.598. The zero-order valence-corrected chi connectivity index (χ0v) is 11.9. The summed E-state index contributed by atoms with van der Waals surface area (Å²) in [5, 5.41) is 0.247. The van der Waals surface area contributed by atoms with E-state index in [1.807, 2.05) is 0 Å². The Hall–Kier alpha value is -0.400. The van der Waals surface area contributed by atoms with Crippen LogP contribution in [0.5, 0.6) is 5.88 Å². The minimum absolute atomic E-state index is 0.0786. The summed E-state index contributed by atoms with van der Waals surface area (Å²) < 4.78 is 12.3. The first-order chi connectivity index (χ1) is 8.24. The summed E-state index contributed by atoms with van der Waals surface area (Å²) in [5.74, 6) is 0.591. The molecular weight excluding hydrogens is 354 g/mol. The Morgan fingerprint density at radius 3 is 3.12 bits per heavy atom. The molecule has 1 saturated heterocycles. The number of hydrogen-bond acceptors (Lipinski definition) is 4. The summed E-state index contributed by atoms with van der Waals surface area (Å²) in [6.45, 7) is 1.37. The van der Waals surface area contributed by atoms with Gasteiger partial charge < -0.3 is 9.47 Å². The van der Waals surface area contributed by atoms with E-state index in [1.165, 1.54) is 0 Å². The standard InChI is InChI=1S/C11H10ClIN2O2/c12-11-14-8-2-1-7(13)9(8)10(15-11)17-6-3-4-16-5-6/h1,6H,2-5H2. The molecule has 0 amide bonds. The number of aromatic nitrogens is 2. The summed E-state index contributed by atoms with van der Waals surface area (Å²) in [6, 6.07) is 0. The second kappa shape index (κ2) is 4.70. The highest BCUT2D eigenvalue weighted by atomic mass is 127. The van der Waals surface area contributed by atoms with E-state index in [9.17, 15) is 0 Å². The van der Waals surface area contributed by atoms with Crippen molar-refractivity contribution in [2.24, 2.45) is 0 Å². The molecule has 2 heterocycles. The average molecular weight is 365 g/mol. The van der Waals surface area contributed by atoms with Crippen LogP contribution in [0.25, 0.3) is 3.58 Å². The summed E-state index contributed by atoms with van der Waals surface area (Å²) in [7, 11) is 0. The minimum atomic E-state index is 0.0786. The van der Waals surface area contributed by atoms with Crippen molar-refractivity contribution >= 4 is 37.8 Å². The van der Waals surface area contributed by atoms with Gasteiger partial charge in [0.25, 0.3) is 0 Å². The molecule has 1 fully saturated rings. The Bertz CT molecular complexity index is 487. The van der Waals surface area contributed by atoms with E-state index in [-0.39, 0.29) is 11.4 Å². The summed E-state index contributed by atoms with van der Waals surface area (Å²) >= 11 is 8.18. The van der Waals surface area contributed by atoms with Crippen LogP contribution in [0.4, 0.5) is 0 Å². The molecule has 1 unspecified atom stereocenters. The maximum Gasteiger partial charge on any atom is 0.226 e. The van der Waals surface area contributed by atoms with Gasteiger partial charge in [0.1, 0.15) is 6.10 Å². The van der Waals surface area contributed by atoms with E-state index in [0.29, 0.717) is 12.5 Å². The number of ether oxygens (including phenoxy) is 2. The van der Waals surface area contributed by atoms with Crippen molar-refractivity contribution in [1.29, 1.82) is 0 Å². The third-order valence-corrected chi connectivity index (χ3v) is 3.95. The highest BCUT2D eigenvalue weighted by Gasteiger charge is 2.25. The number of fused-ring (bicyclic) bond motifs is 1. The van der Waals surface area contributed by atoms with Gasteiger partial charge in [-0.3, -0.25) is 0 Å². The highest BCUT2D eigenvalue weighted by Crippen LogP contribution is 2.38. The third-order valence-electron chi connectivity index (χ3n) is 2.80. The fourth-order valence-corrected chi connectivity index (χ4v) is 2.92. The highest BCUT2D eigenvalue weighted by molar-refractivity contribution is 14.1. The van der Waals surface area contributed by atoms with Gasteiger partial charge in [-0.25, -0.2) is 4.98 Å². The zero-order valence-electron chi connectivity index (χ0n) is 8.95. The molecule has 1 aromatic heterocycles. The molecule has 0 aromatic carbocycles. The second-order valence-electron chi connectivity index (χ2n) is 3.98. The average Bonchev–Trinajstić information content (AvgIpc) is 2.89. The Labute approximate surface area is 118 Å². The lowest BCUT2D eigenvalue weighted by atomic mass is 10.2. The predicted octanol–water partition coefficient (Wildman–Crippen LogP) is 2.63. The molecular formula is C11H10ClIN2O2. The Morgan fingerprint density at radius 2 is 2.35 bits per heavy atom. The van der Waals surface area contributed by atoms with Crippen LogP contribution in [0.3, 0.4) is 0 Å². The maximum absolute atomic E-state index is 5.90. The maximum atomic E-state index is 5.90. The number of halogens is 2. The molecule has 0 saturated carbocycles. The summed E-state index contributed by atoms with van der Waals surface area (Å²) in [4.78, 5) is 8.42. The molecule has 0 radical (unpaired) electrons. The van der Waals surface area contributed by atoms with Crippen molar-refractivity contribution in [3.05, 3.63) is 22.6 Å². The third kappa shape index (κ3) is 2.28. The van der Waals surface area contributed by atoms with Crippen LogP contribution in [0.15, 0.2) is 6.08 Å². The van der Waals surface area contributed by atoms with Gasteiger partial charge >= 0.3 is 0 Å². The van der Waals surface area contributed by atoms with Crippen LogP contribution in [0, 0.1) is 0 Å². The molecule has 1 aliphatic heterocycles. The monoisotopic (exact) mass is 364 g/mol. The number of hydrogen-bond donors (Lipinski definition) is 0. The van der Waals surface area contributed by atoms with E-state index in [1.54, 1.807) is 0 Å².